The number of hydrogen-bond acceptors (Lipinski definition) is 3. The van der Waals surface area contributed by atoms with Gasteiger partial charge in [0.2, 0.25) is 0 Å². The van der Waals surface area contributed by atoms with Crippen LogP contribution in [-0.2, 0) is 0 Å². The molecular weight excluding hydrogens is 192 g/mol. The second-order valence-electron chi connectivity index (χ2n) is 3.93. The van der Waals surface area contributed by atoms with Gasteiger partial charge in [-0.1, -0.05) is 0 Å². The zero-order chi connectivity index (χ0) is 10.2. The number of nitrogens with zero attached hydrogens (tertiary/aromatic N) is 1. The molecular formula is C11H20N2S. The number of hydrogen-bond donors (Lipinski definition) is 1. The van der Waals surface area contributed by atoms with Crippen molar-refractivity contribution in [2.75, 3.05) is 12.8 Å². The maximum atomic E-state index is 8.39. The van der Waals surface area contributed by atoms with Crippen LogP contribution in [0.1, 0.15) is 38.5 Å². The predicted molar refractivity (Wildman–Crippen MR) is 62.4 cm³/mol. The molecule has 0 spiro atoms. The molecule has 0 aromatic rings. The Bertz CT molecular complexity index is 180. The lowest BCUT2D eigenvalue weighted by Gasteiger charge is -2.28. The summed E-state index contributed by atoms with van der Waals surface area (Å²) in [7, 11) is 0. The molecule has 2 nitrogen and oxygen atoms in total. The molecule has 1 saturated carbocycles. The molecule has 0 saturated heterocycles. The number of thioether (sulfide) groups is 1. The first-order valence-electron chi connectivity index (χ1n) is 5.50. The summed E-state index contributed by atoms with van der Waals surface area (Å²) < 4.78 is 0. The minimum Gasteiger partial charge on any atom is -0.314 e. The molecule has 1 N–H and O–H groups in total. The molecule has 0 aromatic heterocycles. The number of nitriles is 1. The molecule has 1 rings (SSSR count). The standard InChI is InChI=1S/C11H20N2S/c1-14-11-6-4-10(5-7-11)13-9-3-2-8-12/h10-11,13H,2-7,9H2,1H3. The van der Waals surface area contributed by atoms with Gasteiger partial charge < -0.3 is 5.32 Å². The van der Waals surface area contributed by atoms with Gasteiger partial charge in [0.15, 0.2) is 0 Å². The lowest BCUT2D eigenvalue weighted by atomic mass is 9.95. The van der Waals surface area contributed by atoms with Crippen molar-refractivity contribution in [2.45, 2.75) is 49.8 Å². The lowest BCUT2D eigenvalue weighted by Crippen LogP contribution is -2.34. The van der Waals surface area contributed by atoms with E-state index in [0.29, 0.717) is 6.42 Å². The van der Waals surface area contributed by atoms with Crippen LogP contribution in [0.15, 0.2) is 0 Å². The van der Waals surface area contributed by atoms with E-state index in [1.807, 2.05) is 11.8 Å². The Morgan fingerprint density at radius 3 is 2.64 bits per heavy atom. The van der Waals surface area contributed by atoms with Crippen molar-refractivity contribution in [3.8, 4) is 6.07 Å². The Labute approximate surface area is 91.4 Å². The number of rotatable bonds is 5. The third kappa shape index (κ3) is 4.34. The Balaban J connectivity index is 2.02. The smallest absolute Gasteiger partial charge is 0.0622 e. The van der Waals surface area contributed by atoms with Crippen molar-refractivity contribution in [3.05, 3.63) is 0 Å². The zero-order valence-corrected chi connectivity index (χ0v) is 9.78. The molecule has 1 fully saturated rings. The van der Waals surface area contributed by atoms with Crippen LogP contribution < -0.4 is 5.32 Å². The first-order valence-corrected chi connectivity index (χ1v) is 6.78. The van der Waals surface area contributed by atoms with E-state index in [2.05, 4.69) is 17.6 Å². The zero-order valence-electron chi connectivity index (χ0n) is 8.96. The fraction of sp³-hybridized carbons (Fsp3) is 0.909. The highest BCUT2D eigenvalue weighted by molar-refractivity contribution is 7.99. The average Bonchev–Trinajstić information content (AvgIpc) is 2.25. The summed E-state index contributed by atoms with van der Waals surface area (Å²) in [5.41, 5.74) is 0. The van der Waals surface area contributed by atoms with Gasteiger partial charge in [-0.05, 0) is 44.9 Å². The van der Waals surface area contributed by atoms with E-state index in [4.69, 9.17) is 5.26 Å². The normalized spacial score (nSPS) is 27.1. The van der Waals surface area contributed by atoms with Gasteiger partial charge in [0.05, 0.1) is 6.07 Å². The maximum Gasteiger partial charge on any atom is 0.0622 e. The molecule has 3 heteroatoms. The molecule has 0 unspecified atom stereocenters. The van der Waals surface area contributed by atoms with Gasteiger partial charge in [-0.25, -0.2) is 0 Å². The lowest BCUT2D eigenvalue weighted by molar-refractivity contribution is 0.379. The van der Waals surface area contributed by atoms with Gasteiger partial charge in [0.25, 0.3) is 0 Å². The number of nitrogens with one attached hydrogen (secondary N) is 1. The van der Waals surface area contributed by atoms with Crippen LogP contribution in [0, 0.1) is 11.3 Å². The molecule has 0 heterocycles. The molecule has 0 aromatic carbocycles. The monoisotopic (exact) mass is 212 g/mol. The van der Waals surface area contributed by atoms with Crippen LogP contribution in [0.25, 0.3) is 0 Å². The van der Waals surface area contributed by atoms with Crippen LogP contribution >= 0.6 is 11.8 Å². The quantitative estimate of drug-likeness (QED) is 0.711. The van der Waals surface area contributed by atoms with Crippen molar-refractivity contribution in [1.82, 2.24) is 5.32 Å². The van der Waals surface area contributed by atoms with Gasteiger partial charge in [-0.15, -0.1) is 0 Å². The maximum absolute atomic E-state index is 8.39. The average molecular weight is 212 g/mol. The van der Waals surface area contributed by atoms with Crippen LogP contribution in [0.3, 0.4) is 0 Å². The Morgan fingerprint density at radius 1 is 1.36 bits per heavy atom. The van der Waals surface area contributed by atoms with Crippen molar-refractivity contribution < 1.29 is 0 Å². The summed E-state index contributed by atoms with van der Waals surface area (Å²) in [4.78, 5) is 0. The van der Waals surface area contributed by atoms with Gasteiger partial charge in [-0.3, -0.25) is 0 Å². The molecule has 1 aliphatic carbocycles. The Kier molecular flexibility index (Phi) is 6.05. The summed E-state index contributed by atoms with van der Waals surface area (Å²) in [6.45, 7) is 1.02. The van der Waals surface area contributed by atoms with Gasteiger partial charge in [-0.2, -0.15) is 17.0 Å². The van der Waals surface area contributed by atoms with Crippen LogP contribution in [0.4, 0.5) is 0 Å². The second kappa shape index (κ2) is 7.14. The van der Waals surface area contributed by atoms with E-state index in [9.17, 15) is 0 Å². The Morgan fingerprint density at radius 2 is 2.07 bits per heavy atom. The van der Waals surface area contributed by atoms with E-state index in [0.717, 1.165) is 24.3 Å². The van der Waals surface area contributed by atoms with Gasteiger partial charge >= 0.3 is 0 Å². The molecule has 1 aliphatic rings. The minimum absolute atomic E-state index is 0.688. The van der Waals surface area contributed by atoms with Crippen molar-refractivity contribution in [3.63, 3.8) is 0 Å². The fourth-order valence-electron chi connectivity index (χ4n) is 1.98. The molecule has 80 valence electrons. The largest absolute Gasteiger partial charge is 0.314 e. The van der Waals surface area contributed by atoms with Crippen LogP contribution in [0.2, 0.25) is 0 Å². The molecule has 0 atom stereocenters. The van der Waals surface area contributed by atoms with Crippen LogP contribution in [-0.4, -0.2) is 24.1 Å². The highest BCUT2D eigenvalue weighted by Gasteiger charge is 2.19. The molecule has 14 heavy (non-hydrogen) atoms. The molecule has 0 bridgehead atoms. The first kappa shape index (κ1) is 11.9. The van der Waals surface area contributed by atoms with Crippen molar-refractivity contribution in [2.24, 2.45) is 0 Å². The number of unbranched alkanes of at least 4 members (excludes halogenated alkanes) is 1. The van der Waals surface area contributed by atoms with E-state index in [1.165, 1.54) is 25.7 Å². The summed E-state index contributed by atoms with van der Waals surface area (Å²) >= 11 is 2.01. The summed E-state index contributed by atoms with van der Waals surface area (Å²) in [6, 6.07) is 2.90. The van der Waals surface area contributed by atoms with E-state index >= 15 is 0 Å². The highest BCUT2D eigenvalue weighted by atomic mass is 32.2. The molecule has 0 aliphatic heterocycles. The summed E-state index contributed by atoms with van der Waals surface area (Å²) in [6.07, 6.45) is 9.25. The van der Waals surface area contributed by atoms with Crippen molar-refractivity contribution in [1.29, 1.82) is 5.26 Å². The predicted octanol–water partition coefficient (Wildman–Crippen LogP) is 2.55. The molecule has 0 amide bonds. The van der Waals surface area contributed by atoms with Gasteiger partial charge in [0, 0.05) is 17.7 Å². The van der Waals surface area contributed by atoms with Gasteiger partial charge in [0.1, 0.15) is 0 Å². The Hall–Kier alpha value is -0.200. The summed E-state index contributed by atoms with van der Waals surface area (Å²) in [5, 5.41) is 12.8. The minimum atomic E-state index is 0.688. The van der Waals surface area contributed by atoms with E-state index < -0.39 is 0 Å². The summed E-state index contributed by atoms with van der Waals surface area (Å²) in [5.74, 6) is 0. The third-order valence-electron chi connectivity index (χ3n) is 2.91. The van der Waals surface area contributed by atoms with Crippen molar-refractivity contribution >= 4 is 11.8 Å². The van der Waals surface area contributed by atoms with E-state index in [1.54, 1.807) is 0 Å². The highest BCUT2D eigenvalue weighted by Crippen LogP contribution is 2.26. The second-order valence-corrected chi connectivity index (χ2v) is 5.06. The SMILES string of the molecule is CSC1CCC(NCCCC#N)CC1. The first-order chi connectivity index (χ1) is 6.86. The molecule has 0 radical (unpaired) electrons. The van der Waals surface area contributed by atoms with Crippen LogP contribution in [0.5, 0.6) is 0 Å². The third-order valence-corrected chi connectivity index (χ3v) is 4.04. The van der Waals surface area contributed by atoms with E-state index in [-0.39, 0.29) is 0 Å². The fourth-order valence-corrected chi connectivity index (χ4v) is 2.72. The topological polar surface area (TPSA) is 35.8 Å².